The van der Waals surface area contributed by atoms with Gasteiger partial charge in [-0.3, -0.25) is 19.7 Å². The number of hydrogen-bond acceptors (Lipinski definition) is 6. The number of rotatable bonds is 3. The molecule has 2 rings (SSSR count). The van der Waals surface area contributed by atoms with Gasteiger partial charge in [0.2, 0.25) is 0 Å². The molecular weight excluding hydrogens is 302 g/mol. The van der Waals surface area contributed by atoms with E-state index in [4.69, 9.17) is 10.5 Å². The minimum atomic E-state index is -0.788. The Morgan fingerprint density at radius 2 is 2.13 bits per heavy atom. The average molecular weight is 321 g/mol. The monoisotopic (exact) mass is 321 g/mol. The lowest BCUT2D eigenvalue weighted by Gasteiger charge is -2.24. The van der Waals surface area contributed by atoms with Crippen LogP contribution in [0.1, 0.15) is 24.2 Å². The van der Waals surface area contributed by atoms with Crippen LogP contribution in [0.4, 0.5) is 11.4 Å². The third-order valence-corrected chi connectivity index (χ3v) is 4.51. The topological polar surface area (TPSA) is 116 Å². The Balaban J connectivity index is 2.27. The molecule has 124 valence electrons. The van der Waals surface area contributed by atoms with E-state index in [2.05, 4.69) is 0 Å². The van der Waals surface area contributed by atoms with Gasteiger partial charge < -0.3 is 15.4 Å². The lowest BCUT2D eigenvalue weighted by atomic mass is 9.81. The molecule has 1 aliphatic heterocycles. The Hall–Kier alpha value is -2.64. The second kappa shape index (κ2) is 5.86. The third kappa shape index (κ3) is 2.84. The maximum Gasteiger partial charge on any atom is 0.313 e. The van der Waals surface area contributed by atoms with Gasteiger partial charge in [-0.2, -0.15) is 0 Å². The number of carbonyl (C=O) groups excluding carboxylic acids is 2. The van der Waals surface area contributed by atoms with E-state index in [1.807, 2.05) is 6.92 Å². The number of nitrogen functional groups attached to an aromatic ring is 1. The van der Waals surface area contributed by atoms with Gasteiger partial charge in [0.1, 0.15) is 5.69 Å². The summed E-state index contributed by atoms with van der Waals surface area (Å²) in [4.78, 5) is 36.4. The van der Waals surface area contributed by atoms with Gasteiger partial charge in [0, 0.05) is 24.7 Å². The summed E-state index contributed by atoms with van der Waals surface area (Å²) in [6.45, 7) is 4.21. The molecule has 8 nitrogen and oxygen atoms in total. The van der Waals surface area contributed by atoms with E-state index in [-0.39, 0.29) is 41.3 Å². The second-order valence-corrected chi connectivity index (χ2v) is 6.03. The van der Waals surface area contributed by atoms with Crippen LogP contribution in [0, 0.1) is 21.4 Å². The Morgan fingerprint density at radius 3 is 2.70 bits per heavy atom. The number of amides is 1. The van der Waals surface area contributed by atoms with Crippen molar-refractivity contribution in [2.24, 2.45) is 11.3 Å². The Kier molecular flexibility index (Phi) is 4.26. The highest BCUT2D eigenvalue weighted by Gasteiger charge is 2.48. The zero-order valence-electron chi connectivity index (χ0n) is 13.2. The first-order chi connectivity index (χ1) is 10.7. The third-order valence-electron chi connectivity index (χ3n) is 4.51. The molecule has 8 heteroatoms. The fourth-order valence-electron chi connectivity index (χ4n) is 2.82. The van der Waals surface area contributed by atoms with Crippen LogP contribution in [0.5, 0.6) is 0 Å². The van der Waals surface area contributed by atoms with Crippen molar-refractivity contribution >= 4 is 23.3 Å². The number of nitrogens with zero attached hydrogens (tertiary/aromatic N) is 2. The van der Waals surface area contributed by atoms with E-state index in [1.165, 1.54) is 24.1 Å². The molecule has 0 aromatic heterocycles. The summed E-state index contributed by atoms with van der Waals surface area (Å²) < 4.78 is 4.82. The van der Waals surface area contributed by atoms with Crippen molar-refractivity contribution in [3.05, 3.63) is 33.9 Å². The first kappa shape index (κ1) is 16.7. The summed E-state index contributed by atoms with van der Waals surface area (Å²) in [5.74, 6) is -0.821. The fraction of sp³-hybridized carbons (Fsp3) is 0.467. The van der Waals surface area contributed by atoms with Crippen LogP contribution in [0.25, 0.3) is 0 Å². The predicted octanol–water partition coefficient (Wildman–Crippen LogP) is 1.45. The van der Waals surface area contributed by atoms with Crippen LogP contribution in [-0.4, -0.2) is 41.9 Å². The van der Waals surface area contributed by atoms with Crippen molar-refractivity contribution in [3.8, 4) is 0 Å². The van der Waals surface area contributed by atoms with Crippen molar-refractivity contribution in [2.45, 2.75) is 13.8 Å². The summed E-state index contributed by atoms with van der Waals surface area (Å²) in [5, 5.41) is 10.9. The lowest BCUT2D eigenvalue weighted by Crippen LogP contribution is -2.37. The van der Waals surface area contributed by atoms with E-state index in [1.54, 1.807) is 6.92 Å². The Bertz CT molecular complexity index is 675. The smallest absolute Gasteiger partial charge is 0.313 e. The number of hydrogen-bond donors (Lipinski definition) is 1. The summed E-state index contributed by atoms with van der Waals surface area (Å²) in [6.07, 6.45) is 0. The lowest BCUT2D eigenvalue weighted by molar-refractivity contribution is -0.383. The number of nitrogens with two attached hydrogens (primary N) is 1. The number of nitro groups is 1. The van der Waals surface area contributed by atoms with E-state index in [0.29, 0.717) is 6.54 Å². The van der Waals surface area contributed by atoms with Crippen molar-refractivity contribution in [1.82, 2.24) is 4.90 Å². The molecule has 0 bridgehead atoms. The molecule has 1 amide bonds. The maximum absolute atomic E-state index is 12.6. The zero-order chi connectivity index (χ0) is 17.4. The van der Waals surface area contributed by atoms with Crippen LogP contribution in [-0.2, 0) is 9.53 Å². The zero-order valence-corrected chi connectivity index (χ0v) is 13.2. The quantitative estimate of drug-likeness (QED) is 0.390. The van der Waals surface area contributed by atoms with Crippen LogP contribution in [0.15, 0.2) is 18.2 Å². The average Bonchev–Trinajstić information content (AvgIpc) is 2.82. The van der Waals surface area contributed by atoms with Gasteiger partial charge in [0.25, 0.3) is 11.6 Å². The number of likely N-dealkylation sites (tertiary alicyclic amines) is 1. The molecule has 1 heterocycles. The molecule has 1 fully saturated rings. The van der Waals surface area contributed by atoms with Crippen LogP contribution in [0.2, 0.25) is 0 Å². The highest BCUT2D eigenvalue weighted by atomic mass is 16.6. The van der Waals surface area contributed by atoms with Crippen LogP contribution >= 0.6 is 0 Å². The van der Waals surface area contributed by atoms with Gasteiger partial charge in [-0.05, 0) is 25.0 Å². The molecule has 0 radical (unpaired) electrons. The standard InChI is InChI=1S/C15H19N3O5/c1-9-7-17(8-15(9,2)14(20)23-3)13(19)10-4-5-11(16)12(6-10)18(21)22/h4-6,9H,7-8,16H2,1-3H3/t9-,15-/m1/s1. The number of benzene rings is 1. The van der Waals surface area contributed by atoms with Crippen LogP contribution in [0.3, 0.4) is 0 Å². The van der Waals surface area contributed by atoms with Crippen molar-refractivity contribution in [1.29, 1.82) is 0 Å². The van der Waals surface area contributed by atoms with Gasteiger partial charge >= 0.3 is 5.97 Å². The van der Waals surface area contributed by atoms with Crippen molar-refractivity contribution in [3.63, 3.8) is 0 Å². The normalized spacial score (nSPS) is 23.6. The number of carbonyl (C=O) groups is 2. The maximum atomic E-state index is 12.6. The molecule has 0 aliphatic carbocycles. The molecular formula is C15H19N3O5. The summed E-state index contributed by atoms with van der Waals surface area (Å²) >= 11 is 0. The SMILES string of the molecule is COC(=O)[C@]1(C)CN(C(=O)c2ccc(N)c([N+](=O)[O-])c2)C[C@H]1C. The number of ether oxygens (including phenoxy) is 1. The van der Waals surface area contributed by atoms with E-state index in [9.17, 15) is 19.7 Å². The predicted molar refractivity (Wildman–Crippen MR) is 82.7 cm³/mol. The summed E-state index contributed by atoms with van der Waals surface area (Å²) in [5.41, 5.74) is 4.62. The number of methoxy groups -OCH3 is 1. The number of nitro benzene ring substituents is 1. The van der Waals surface area contributed by atoms with Gasteiger partial charge in [0.15, 0.2) is 0 Å². The molecule has 2 N–H and O–H groups in total. The second-order valence-electron chi connectivity index (χ2n) is 6.03. The number of anilines is 1. The summed E-state index contributed by atoms with van der Waals surface area (Å²) in [7, 11) is 1.31. The Labute approximate surface area is 133 Å². The molecule has 2 atom stereocenters. The molecule has 23 heavy (non-hydrogen) atoms. The van der Waals surface area contributed by atoms with Gasteiger partial charge in [-0.1, -0.05) is 6.92 Å². The van der Waals surface area contributed by atoms with Crippen molar-refractivity contribution in [2.75, 3.05) is 25.9 Å². The Morgan fingerprint density at radius 1 is 1.48 bits per heavy atom. The van der Waals surface area contributed by atoms with Crippen LogP contribution < -0.4 is 5.73 Å². The van der Waals surface area contributed by atoms with Gasteiger partial charge in [-0.25, -0.2) is 0 Å². The molecule has 0 saturated carbocycles. The van der Waals surface area contributed by atoms with E-state index < -0.39 is 10.3 Å². The first-order valence-electron chi connectivity index (χ1n) is 7.12. The van der Waals surface area contributed by atoms with E-state index in [0.717, 1.165) is 6.07 Å². The summed E-state index contributed by atoms with van der Waals surface area (Å²) in [6, 6.07) is 3.95. The molecule has 0 unspecified atom stereocenters. The molecule has 1 aliphatic rings. The highest BCUT2D eigenvalue weighted by molar-refractivity contribution is 5.96. The highest BCUT2D eigenvalue weighted by Crippen LogP contribution is 2.37. The molecule has 0 spiro atoms. The van der Waals surface area contributed by atoms with Gasteiger partial charge in [-0.15, -0.1) is 0 Å². The minimum absolute atomic E-state index is 0.000684. The van der Waals surface area contributed by atoms with Crippen molar-refractivity contribution < 1.29 is 19.2 Å². The van der Waals surface area contributed by atoms with Gasteiger partial charge in [0.05, 0.1) is 17.4 Å². The largest absolute Gasteiger partial charge is 0.469 e. The fourth-order valence-corrected chi connectivity index (χ4v) is 2.82. The minimum Gasteiger partial charge on any atom is -0.469 e. The molecule has 1 saturated heterocycles. The molecule has 1 aromatic rings. The molecule has 1 aromatic carbocycles. The first-order valence-corrected chi connectivity index (χ1v) is 7.12. The number of esters is 1. The van der Waals surface area contributed by atoms with E-state index >= 15 is 0 Å².